The Kier molecular flexibility index (Phi) is 24.5. The van der Waals surface area contributed by atoms with Gasteiger partial charge in [-0.15, -0.1) is 0 Å². The highest BCUT2D eigenvalue weighted by atomic mass is 16.5. The molecule has 1 rings (SSSR count). The molecule has 1 fully saturated rings. The lowest BCUT2D eigenvalue weighted by Crippen LogP contribution is -2.59. The number of ether oxygens (including phenoxy) is 4. The molecule has 6 N–H and O–H groups in total. The Morgan fingerprint density at radius 2 is 1.17 bits per heavy atom. The molecule has 1 aliphatic rings. The number of amides is 5. The first-order valence-electron chi connectivity index (χ1n) is 19.2. The molecule has 5 atom stereocenters. The molecule has 0 spiro atoms. The first-order valence-corrected chi connectivity index (χ1v) is 19.2. The largest absolute Gasteiger partial charge is 0.377 e. The van der Waals surface area contributed by atoms with E-state index >= 15 is 0 Å². The van der Waals surface area contributed by atoms with Crippen molar-refractivity contribution in [3.8, 4) is 0 Å². The van der Waals surface area contributed by atoms with E-state index in [0.29, 0.717) is 51.3 Å². The lowest BCUT2D eigenvalue weighted by molar-refractivity contribution is -0.133. The quantitative estimate of drug-likeness (QED) is 0.0429. The average molecular weight is 769 g/mol. The number of carbonyl (C=O) groups is 6. The molecule has 5 amide bonds. The molecule has 0 aliphatic heterocycles. The van der Waals surface area contributed by atoms with E-state index < -0.39 is 29.9 Å². The summed E-state index contributed by atoms with van der Waals surface area (Å²) in [6.07, 6.45) is 2.93. The zero-order chi connectivity index (χ0) is 40.6. The van der Waals surface area contributed by atoms with Crippen molar-refractivity contribution in [2.75, 3.05) is 65.9 Å². The van der Waals surface area contributed by atoms with Crippen molar-refractivity contribution in [2.45, 2.75) is 111 Å². The summed E-state index contributed by atoms with van der Waals surface area (Å²) in [7, 11) is 0. The van der Waals surface area contributed by atoms with E-state index in [0.717, 1.165) is 12.8 Å². The Labute approximate surface area is 321 Å². The highest BCUT2D eigenvalue weighted by molar-refractivity contribution is 5.92. The number of rotatable bonds is 31. The van der Waals surface area contributed by atoms with Gasteiger partial charge in [-0.1, -0.05) is 34.3 Å². The fraction of sp³-hybridized carbons (Fsp3) is 0.789. The third-order valence-electron chi connectivity index (χ3n) is 8.31. The van der Waals surface area contributed by atoms with E-state index in [9.17, 15) is 28.8 Å². The van der Waals surface area contributed by atoms with Crippen molar-refractivity contribution >= 4 is 35.3 Å². The normalized spacial score (nSPS) is 15.4. The van der Waals surface area contributed by atoms with Crippen LogP contribution in [0.25, 0.3) is 0 Å². The van der Waals surface area contributed by atoms with Crippen LogP contribution in [0.3, 0.4) is 0 Å². The topological polar surface area (TPSA) is 212 Å². The number of hydrogen-bond acceptors (Lipinski definition) is 11. The van der Waals surface area contributed by atoms with E-state index in [1.54, 1.807) is 6.92 Å². The predicted octanol–water partition coefficient (Wildman–Crippen LogP) is 0.774. The van der Waals surface area contributed by atoms with Gasteiger partial charge in [-0.05, 0) is 71.1 Å². The SMILES string of the molecule is C=C(C)C(=O)NCCOCCOCC(=O)NC(C)C(=O)N[C@H](CC(C)C)C(=O)NC(C)C(NC(CC(C)C)C(=O)NCCOCCOCC(C)=O)C1CC1. The summed E-state index contributed by atoms with van der Waals surface area (Å²) >= 11 is 0. The first-order chi connectivity index (χ1) is 25.5. The number of hydrogen-bond donors (Lipinski definition) is 6. The standard InChI is InChI=1S/C38H68N6O10/c1-24(2)20-31(37(49)40-13-15-52-16-18-53-22-27(7)45)43-34(30-10-11-30)28(8)42-38(50)32(21-25(3)4)44-36(48)29(9)41-33(46)23-54-19-17-51-14-12-39-35(47)26(5)6/h24-25,28-32,34,43H,5,10-23H2,1-4,6-9H3,(H,39,47)(H,40,49)(H,41,46)(H,42,50)(H,44,48)/t28?,29?,31?,32-,34?/m1/s1. The molecule has 0 radical (unpaired) electrons. The molecule has 0 saturated heterocycles. The van der Waals surface area contributed by atoms with Crippen LogP contribution >= 0.6 is 0 Å². The Hall–Kier alpha value is -3.44. The van der Waals surface area contributed by atoms with Gasteiger partial charge in [0.25, 0.3) is 0 Å². The molecule has 1 saturated carbocycles. The Balaban J connectivity index is 2.64. The van der Waals surface area contributed by atoms with E-state index in [2.05, 4.69) is 38.5 Å². The second-order valence-corrected chi connectivity index (χ2v) is 14.8. The summed E-state index contributed by atoms with van der Waals surface area (Å²) in [5.74, 6) is -1.17. The Morgan fingerprint density at radius 1 is 0.630 bits per heavy atom. The zero-order valence-electron chi connectivity index (χ0n) is 33.8. The van der Waals surface area contributed by atoms with Gasteiger partial charge < -0.3 is 50.8 Å². The minimum Gasteiger partial charge on any atom is -0.377 e. The van der Waals surface area contributed by atoms with Gasteiger partial charge >= 0.3 is 0 Å². The van der Waals surface area contributed by atoms with E-state index in [1.807, 2.05) is 34.6 Å². The summed E-state index contributed by atoms with van der Waals surface area (Å²) in [5.41, 5.74) is 0.410. The minimum absolute atomic E-state index is 0.0491. The van der Waals surface area contributed by atoms with Crippen LogP contribution in [-0.4, -0.2) is 131 Å². The number of Topliss-reactive ketones (excluding diaryl/α,β-unsaturated/α-hetero) is 1. The fourth-order valence-electron chi connectivity index (χ4n) is 5.44. The fourth-order valence-corrected chi connectivity index (χ4v) is 5.44. The molecule has 4 unspecified atom stereocenters. The van der Waals surface area contributed by atoms with Crippen LogP contribution in [0.4, 0.5) is 0 Å². The van der Waals surface area contributed by atoms with Gasteiger partial charge in [0.15, 0.2) is 5.78 Å². The smallest absolute Gasteiger partial charge is 0.246 e. The van der Waals surface area contributed by atoms with Gasteiger partial charge in [0.1, 0.15) is 25.3 Å². The lowest BCUT2D eigenvalue weighted by atomic mass is 9.97. The molecule has 310 valence electrons. The second-order valence-electron chi connectivity index (χ2n) is 14.8. The van der Waals surface area contributed by atoms with Crippen LogP contribution in [0.15, 0.2) is 12.2 Å². The maximum Gasteiger partial charge on any atom is 0.246 e. The molecule has 16 heteroatoms. The monoisotopic (exact) mass is 768 g/mol. The van der Waals surface area contributed by atoms with Gasteiger partial charge in [-0.25, -0.2) is 0 Å². The van der Waals surface area contributed by atoms with Crippen LogP contribution in [0.2, 0.25) is 0 Å². The van der Waals surface area contributed by atoms with Gasteiger partial charge in [-0.3, -0.25) is 28.8 Å². The van der Waals surface area contributed by atoms with Crippen molar-refractivity contribution in [1.82, 2.24) is 31.9 Å². The van der Waals surface area contributed by atoms with Crippen molar-refractivity contribution in [1.29, 1.82) is 0 Å². The summed E-state index contributed by atoms with van der Waals surface area (Å²) < 4.78 is 21.4. The summed E-state index contributed by atoms with van der Waals surface area (Å²) in [4.78, 5) is 74.9. The van der Waals surface area contributed by atoms with Crippen LogP contribution in [0.1, 0.15) is 81.1 Å². The molecular formula is C38H68N6O10. The van der Waals surface area contributed by atoms with E-state index in [4.69, 9.17) is 18.9 Å². The van der Waals surface area contributed by atoms with Gasteiger partial charge in [0.2, 0.25) is 29.5 Å². The van der Waals surface area contributed by atoms with E-state index in [-0.39, 0.29) is 86.4 Å². The summed E-state index contributed by atoms with van der Waals surface area (Å²) in [6, 6.07) is -2.75. The van der Waals surface area contributed by atoms with Gasteiger partial charge in [-0.2, -0.15) is 0 Å². The highest BCUT2D eigenvalue weighted by Crippen LogP contribution is 2.34. The van der Waals surface area contributed by atoms with Crippen molar-refractivity contribution in [2.24, 2.45) is 17.8 Å². The number of nitrogens with one attached hydrogen (secondary N) is 6. The summed E-state index contributed by atoms with van der Waals surface area (Å²) in [6.45, 7) is 20.0. The summed E-state index contributed by atoms with van der Waals surface area (Å²) in [5, 5.41) is 17.6. The van der Waals surface area contributed by atoms with Crippen molar-refractivity contribution in [3.05, 3.63) is 12.2 Å². The first kappa shape index (κ1) is 48.6. The maximum absolute atomic E-state index is 13.6. The molecular weight excluding hydrogens is 700 g/mol. The molecule has 0 bridgehead atoms. The van der Waals surface area contributed by atoms with Gasteiger partial charge in [0.05, 0.1) is 45.7 Å². The van der Waals surface area contributed by atoms with Crippen LogP contribution < -0.4 is 31.9 Å². The van der Waals surface area contributed by atoms with Gasteiger partial charge in [0, 0.05) is 30.7 Å². The minimum atomic E-state index is -0.921. The second kappa shape index (κ2) is 27.2. The highest BCUT2D eigenvalue weighted by Gasteiger charge is 2.39. The molecule has 1 aliphatic carbocycles. The third kappa shape index (κ3) is 22.7. The number of carbonyl (C=O) groups excluding carboxylic acids is 6. The lowest BCUT2D eigenvalue weighted by Gasteiger charge is -2.32. The van der Waals surface area contributed by atoms with Crippen molar-refractivity contribution < 1.29 is 47.7 Å². The Morgan fingerprint density at radius 3 is 1.70 bits per heavy atom. The molecule has 0 aromatic heterocycles. The molecule has 0 aromatic rings. The third-order valence-corrected chi connectivity index (χ3v) is 8.31. The molecule has 54 heavy (non-hydrogen) atoms. The predicted molar refractivity (Wildman–Crippen MR) is 204 cm³/mol. The zero-order valence-corrected chi connectivity index (χ0v) is 33.8. The van der Waals surface area contributed by atoms with Crippen LogP contribution in [0, 0.1) is 17.8 Å². The average Bonchev–Trinajstić information content (AvgIpc) is 3.93. The number of ketones is 1. The molecule has 0 heterocycles. The maximum atomic E-state index is 13.6. The van der Waals surface area contributed by atoms with Crippen molar-refractivity contribution in [3.63, 3.8) is 0 Å². The van der Waals surface area contributed by atoms with Crippen LogP contribution in [-0.2, 0) is 47.7 Å². The molecule has 16 nitrogen and oxygen atoms in total. The van der Waals surface area contributed by atoms with E-state index in [1.165, 1.54) is 13.8 Å². The molecule has 0 aromatic carbocycles. The Bertz CT molecular complexity index is 1200. The van der Waals surface area contributed by atoms with Crippen LogP contribution in [0.5, 0.6) is 0 Å².